The fourth-order valence-electron chi connectivity index (χ4n) is 3.38. The molecule has 0 spiro atoms. The van der Waals surface area contributed by atoms with Crippen molar-refractivity contribution in [3.8, 4) is 0 Å². The lowest BCUT2D eigenvalue weighted by Crippen LogP contribution is -2.30. The van der Waals surface area contributed by atoms with Crippen molar-refractivity contribution in [2.24, 2.45) is 5.10 Å². The van der Waals surface area contributed by atoms with E-state index in [1.165, 1.54) is 16.7 Å². The summed E-state index contributed by atoms with van der Waals surface area (Å²) in [6.07, 6.45) is 0.932. The Kier molecular flexibility index (Phi) is 5.08. The average molecular weight is 341 g/mol. The van der Waals surface area contributed by atoms with Crippen molar-refractivity contribution in [2.75, 3.05) is 6.67 Å². The Bertz CT molecular complexity index is 844. The van der Waals surface area contributed by atoms with Crippen molar-refractivity contribution in [2.45, 2.75) is 19.0 Å². The minimum Gasteiger partial charge on any atom is -0.294 e. The highest BCUT2D eigenvalue weighted by molar-refractivity contribution is 6.01. The number of rotatable bonds is 6. The zero-order valence-corrected chi connectivity index (χ0v) is 14.8. The average Bonchev–Trinajstić information content (AvgIpc) is 3.14. The molecule has 0 saturated carbocycles. The van der Waals surface area contributed by atoms with E-state index in [0.29, 0.717) is 0 Å². The molecule has 0 amide bonds. The van der Waals surface area contributed by atoms with Crippen LogP contribution in [0.4, 0.5) is 0 Å². The van der Waals surface area contributed by atoms with Gasteiger partial charge in [0.15, 0.2) is 0 Å². The molecule has 0 aliphatic carbocycles. The highest BCUT2D eigenvalue weighted by atomic mass is 15.5. The highest BCUT2D eigenvalue weighted by Crippen LogP contribution is 2.31. The lowest BCUT2D eigenvalue weighted by Gasteiger charge is -2.24. The third-order valence-corrected chi connectivity index (χ3v) is 4.73. The predicted molar refractivity (Wildman–Crippen MR) is 107 cm³/mol. The molecule has 4 rings (SSSR count). The summed E-state index contributed by atoms with van der Waals surface area (Å²) in [6.45, 7) is 1.57. The van der Waals surface area contributed by atoms with Crippen molar-refractivity contribution in [3.05, 3.63) is 108 Å². The van der Waals surface area contributed by atoms with Crippen LogP contribution in [0.5, 0.6) is 0 Å². The molecule has 1 aliphatic heterocycles. The first-order valence-corrected chi connectivity index (χ1v) is 9.09. The van der Waals surface area contributed by atoms with Gasteiger partial charge in [-0.25, -0.2) is 0 Å². The van der Waals surface area contributed by atoms with Crippen LogP contribution in [0.25, 0.3) is 0 Å². The smallest absolute Gasteiger partial charge is 0.0864 e. The Morgan fingerprint density at radius 3 is 2.12 bits per heavy atom. The van der Waals surface area contributed by atoms with Crippen molar-refractivity contribution >= 4 is 5.71 Å². The number of benzene rings is 3. The van der Waals surface area contributed by atoms with Gasteiger partial charge in [-0.1, -0.05) is 91.0 Å². The summed E-state index contributed by atoms with van der Waals surface area (Å²) >= 11 is 0. The molecule has 130 valence electrons. The Morgan fingerprint density at radius 2 is 1.42 bits per heavy atom. The lowest BCUT2D eigenvalue weighted by atomic mass is 9.99. The summed E-state index contributed by atoms with van der Waals surface area (Å²) in [7, 11) is 0. The first-order chi connectivity index (χ1) is 12.9. The number of hydrazone groups is 1. The van der Waals surface area contributed by atoms with Gasteiger partial charge < -0.3 is 0 Å². The molecule has 1 atom stereocenters. The topological polar surface area (TPSA) is 27.6 Å². The first-order valence-electron chi connectivity index (χ1n) is 9.09. The summed E-state index contributed by atoms with van der Waals surface area (Å²) < 4.78 is 0. The molecule has 3 aromatic rings. The molecule has 0 aromatic heterocycles. The highest BCUT2D eigenvalue weighted by Gasteiger charge is 2.28. The minimum absolute atomic E-state index is 0.273. The largest absolute Gasteiger partial charge is 0.294 e. The van der Waals surface area contributed by atoms with Gasteiger partial charge in [-0.15, -0.1) is 0 Å². The van der Waals surface area contributed by atoms with Crippen LogP contribution in [0.15, 0.2) is 96.1 Å². The first kappa shape index (κ1) is 16.6. The molecule has 3 aromatic carbocycles. The lowest BCUT2D eigenvalue weighted by molar-refractivity contribution is 0.214. The van der Waals surface area contributed by atoms with Gasteiger partial charge in [0.05, 0.1) is 18.4 Å². The number of nitrogens with one attached hydrogen (secondary N) is 1. The van der Waals surface area contributed by atoms with E-state index in [0.717, 1.165) is 25.3 Å². The third kappa shape index (κ3) is 3.84. The molecular weight excluding hydrogens is 318 g/mol. The van der Waals surface area contributed by atoms with E-state index >= 15 is 0 Å². The molecule has 1 aliphatic rings. The Balaban J connectivity index is 1.50. The Labute approximate surface area is 155 Å². The van der Waals surface area contributed by atoms with Crippen LogP contribution in [0.1, 0.15) is 29.2 Å². The van der Waals surface area contributed by atoms with E-state index in [1.807, 2.05) is 12.1 Å². The predicted octanol–water partition coefficient (Wildman–Crippen LogP) is 4.59. The molecular formula is C23H23N3. The van der Waals surface area contributed by atoms with Crippen LogP contribution >= 0.6 is 0 Å². The molecule has 3 nitrogen and oxygen atoms in total. The quantitative estimate of drug-likeness (QED) is 0.710. The van der Waals surface area contributed by atoms with Crippen LogP contribution in [-0.4, -0.2) is 17.4 Å². The van der Waals surface area contributed by atoms with Crippen LogP contribution in [0, 0.1) is 0 Å². The van der Waals surface area contributed by atoms with Gasteiger partial charge in [-0.3, -0.25) is 10.3 Å². The van der Waals surface area contributed by atoms with Crippen molar-refractivity contribution < 1.29 is 0 Å². The molecule has 26 heavy (non-hydrogen) atoms. The third-order valence-electron chi connectivity index (χ3n) is 4.73. The standard InChI is InChI=1S/C23H23N3/c1-4-10-19(11-5-1)17-24-18-26-23(21-14-8-3-9-15-21)16-22(25-26)20-12-6-2-7-13-20/h1-15,23-24H,16-18H2/t23-/m0/s1. The van der Waals surface area contributed by atoms with Gasteiger partial charge in [0, 0.05) is 13.0 Å². The fourth-order valence-corrected chi connectivity index (χ4v) is 3.38. The molecule has 1 heterocycles. The van der Waals surface area contributed by atoms with Gasteiger partial charge in [0.1, 0.15) is 0 Å². The van der Waals surface area contributed by atoms with Crippen molar-refractivity contribution in [1.82, 2.24) is 10.3 Å². The van der Waals surface area contributed by atoms with Gasteiger partial charge in [0.25, 0.3) is 0 Å². The normalized spacial score (nSPS) is 16.5. The molecule has 0 radical (unpaired) electrons. The van der Waals surface area contributed by atoms with E-state index in [-0.39, 0.29) is 6.04 Å². The number of hydrogen-bond acceptors (Lipinski definition) is 3. The second-order valence-electron chi connectivity index (χ2n) is 6.55. The minimum atomic E-state index is 0.273. The van der Waals surface area contributed by atoms with Gasteiger partial charge >= 0.3 is 0 Å². The Hall–Kier alpha value is -2.91. The van der Waals surface area contributed by atoms with Crippen LogP contribution in [0.2, 0.25) is 0 Å². The molecule has 3 heteroatoms. The van der Waals surface area contributed by atoms with E-state index in [1.54, 1.807) is 0 Å². The molecule has 1 N–H and O–H groups in total. The molecule has 0 unspecified atom stereocenters. The number of hydrogen-bond donors (Lipinski definition) is 1. The van der Waals surface area contributed by atoms with Crippen molar-refractivity contribution in [1.29, 1.82) is 0 Å². The summed E-state index contributed by atoms with van der Waals surface area (Å²) in [5.74, 6) is 0. The van der Waals surface area contributed by atoms with E-state index in [4.69, 9.17) is 5.10 Å². The van der Waals surface area contributed by atoms with Gasteiger partial charge in [0.2, 0.25) is 0 Å². The van der Waals surface area contributed by atoms with E-state index < -0.39 is 0 Å². The van der Waals surface area contributed by atoms with Gasteiger partial charge in [-0.05, 0) is 16.7 Å². The summed E-state index contributed by atoms with van der Waals surface area (Å²) in [4.78, 5) is 0. The molecule has 0 saturated heterocycles. The van der Waals surface area contributed by atoms with E-state index in [9.17, 15) is 0 Å². The summed E-state index contributed by atoms with van der Waals surface area (Å²) in [5, 5.41) is 10.7. The van der Waals surface area contributed by atoms with Crippen LogP contribution in [-0.2, 0) is 6.54 Å². The summed E-state index contributed by atoms with van der Waals surface area (Å²) in [6, 6.07) is 31.9. The fraction of sp³-hybridized carbons (Fsp3) is 0.174. The summed E-state index contributed by atoms with van der Waals surface area (Å²) in [5.41, 5.74) is 4.96. The maximum atomic E-state index is 4.93. The second kappa shape index (κ2) is 7.98. The van der Waals surface area contributed by atoms with E-state index in [2.05, 4.69) is 89.2 Å². The SMILES string of the molecule is c1ccc(CNCN2N=C(c3ccccc3)C[C@H]2c2ccccc2)cc1. The van der Waals surface area contributed by atoms with Crippen LogP contribution < -0.4 is 5.32 Å². The maximum Gasteiger partial charge on any atom is 0.0864 e. The number of nitrogens with zero attached hydrogens (tertiary/aromatic N) is 2. The monoisotopic (exact) mass is 341 g/mol. The molecule has 0 bridgehead atoms. The maximum absolute atomic E-state index is 4.93. The Morgan fingerprint density at radius 1 is 0.808 bits per heavy atom. The van der Waals surface area contributed by atoms with Crippen molar-refractivity contribution in [3.63, 3.8) is 0 Å². The second-order valence-corrected chi connectivity index (χ2v) is 6.55. The molecule has 0 fully saturated rings. The van der Waals surface area contributed by atoms with Gasteiger partial charge in [-0.2, -0.15) is 5.10 Å². The zero-order chi connectivity index (χ0) is 17.6. The van der Waals surface area contributed by atoms with Crippen LogP contribution in [0.3, 0.4) is 0 Å². The zero-order valence-electron chi connectivity index (χ0n) is 14.8.